The Labute approximate surface area is 712 Å². The van der Waals surface area contributed by atoms with Gasteiger partial charge in [-0.05, 0) is 133 Å². The molecule has 0 bridgehead atoms. The van der Waals surface area contributed by atoms with Crippen molar-refractivity contribution in [2.45, 2.75) is 55.4 Å². The molecule has 0 amide bonds. The maximum Gasteiger partial charge on any atom is 3.00 e. The number of aromatic nitrogens is 5. The summed E-state index contributed by atoms with van der Waals surface area (Å²) >= 11 is 0. The number of benzene rings is 11. The Morgan fingerprint density at radius 3 is 1.38 bits per heavy atom. The number of carbonyl (C=O) groups excluding carboxylic acids is 1. The number of hydrogen-bond donors (Lipinski definition) is 1. The number of aliphatic hydroxyl groups excluding tert-OH is 1. The molecule has 6 aromatic heterocycles. The molecule has 0 unspecified atom stereocenters. The first-order valence-electron chi connectivity index (χ1n) is 35.5. The summed E-state index contributed by atoms with van der Waals surface area (Å²) < 4.78 is 5.79. The molecule has 11 aromatic carbocycles. The van der Waals surface area contributed by atoms with Crippen LogP contribution in [0.2, 0.25) is 0 Å². The molecule has 112 heavy (non-hydrogen) atoms. The van der Waals surface area contributed by atoms with Crippen molar-refractivity contribution in [2.75, 3.05) is 0 Å². The van der Waals surface area contributed by atoms with E-state index in [9.17, 15) is 4.79 Å². The fourth-order valence-electron chi connectivity index (χ4n) is 11.8. The number of aliphatic hydroxyl groups is 1. The summed E-state index contributed by atoms with van der Waals surface area (Å²) in [7, 11) is 0. The topological polar surface area (TPSA) is 115 Å². The number of furan rings is 1. The van der Waals surface area contributed by atoms with E-state index in [0.717, 1.165) is 100 Å². The van der Waals surface area contributed by atoms with Crippen molar-refractivity contribution in [1.29, 1.82) is 0 Å². The van der Waals surface area contributed by atoms with Crippen LogP contribution in [-0.2, 0) is 85.2 Å². The Hall–Kier alpha value is -11.0. The van der Waals surface area contributed by atoms with Gasteiger partial charge in [-0.2, -0.15) is 48.5 Å². The van der Waals surface area contributed by atoms with E-state index in [2.05, 4.69) is 213 Å². The summed E-state index contributed by atoms with van der Waals surface area (Å²) in [5.74, 6) is -0.0625. The van der Waals surface area contributed by atoms with Crippen LogP contribution in [0.5, 0.6) is 0 Å². The third-order valence-electron chi connectivity index (χ3n) is 16.9. The zero-order chi connectivity index (χ0) is 75.4. The predicted molar refractivity (Wildman–Crippen MR) is 443 cm³/mol. The van der Waals surface area contributed by atoms with Gasteiger partial charge < -0.3 is 29.5 Å². The van der Waals surface area contributed by atoms with Gasteiger partial charge >= 0.3 is 20.1 Å². The van der Waals surface area contributed by atoms with E-state index in [4.69, 9.17) is 14.5 Å². The van der Waals surface area contributed by atoms with E-state index in [1.54, 1.807) is 12.4 Å². The molecule has 0 saturated carbocycles. The van der Waals surface area contributed by atoms with E-state index in [1.165, 1.54) is 75.4 Å². The molecule has 17 aromatic rings. The van der Waals surface area contributed by atoms with Crippen molar-refractivity contribution in [2.24, 2.45) is 0 Å². The number of allylic oxidation sites excluding steroid dienone is 2. The van der Waals surface area contributed by atoms with Crippen LogP contribution in [0.4, 0.5) is 0 Å². The monoisotopic (exact) mass is 2170 g/mol. The molecule has 0 fully saturated rings. The van der Waals surface area contributed by atoms with Crippen LogP contribution >= 0.6 is 0 Å². The summed E-state index contributed by atoms with van der Waals surface area (Å²) in [5, 5.41) is 11.9. The van der Waals surface area contributed by atoms with E-state index >= 15 is 0 Å². The second kappa shape index (κ2) is 45.4. The van der Waals surface area contributed by atoms with Crippen molar-refractivity contribution in [3.63, 3.8) is 0 Å². The molecule has 17 rings (SSSR count). The summed E-state index contributed by atoms with van der Waals surface area (Å²) in [5.41, 5.74) is 27.2. The molecule has 0 aliphatic heterocycles. The minimum atomic E-state index is -0.125. The fourth-order valence-corrected chi connectivity index (χ4v) is 11.8. The van der Waals surface area contributed by atoms with Crippen molar-refractivity contribution in [3.05, 3.63) is 416 Å². The Kier molecular flexibility index (Phi) is 35.8. The fraction of sp³-hybridized carbons (Fsp3) is 0.0800. The van der Waals surface area contributed by atoms with Crippen LogP contribution in [0.1, 0.15) is 47.2 Å². The van der Waals surface area contributed by atoms with E-state index < -0.39 is 0 Å². The minimum Gasteiger partial charge on any atom is -0.512 e. The first-order valence-corrected chi connectivity index (χ1v) is 35.5. The molecular weight excluding hydrogens is 2090 g/mol. The molecule has 6 heterocycles. The van der Waals surface area contributed by atoms with Gasteiger partial charge in [0.2, 0.25) is 0 Å². The Bertz CT molecular complexity index is 5610. The van der Waals surface area contributed by atoms with Crippen molar-refractivity contribution >= 4 is 38.6 Å². The van der Waals surface area contributed by atoms with E-state index in [-0.39, 0.29) is 92.0 Å². The molecule has 12 heteroatoms. The number of pyridine rings is 5. The zero-order valence-corrected chi connectivity index (χ0v) is 72.7. The van der Waals surface area contributed by atoms with Crippen LogP contribution in [0.25, 0.3) is 123 Å². The van der Waals surface area contributed by atoms with Gasteiger partial charge in [-0.3, -0.25) is 9.78 Å². The van der Waals surface area contributed by atoms with Gasteiger partial charge in [0.25, 0.3) is 0 Å². The number of carbonyl (C=O) groups is 1. The molecule has 563 valence electrons. The van der Waals surface area contributed by atoms with Gasteiger partial charge in [0, 0.05) is 102 Å². The van der Waals surface area contributed by atoms with E-state index in [0.29, 0.717) is 0 Å². The maximum absolute atomic E-state index is 10.0. The predicted octanol–water partition coefficient (Wildman–Crippen LogP) is 25.0. The van der Waals surface area contributed by atoms with E-state index in [1.807, 2.05) is 207 Å². The first-order chi connectivity index (χ1) is 52.7. The summed E-state index contributed by atoms with van der Waals surface area (Å²) in [6, 6.07) is 124. The van der Waals surface area contributed by atoms with Crippen molar-refractivity contribution in [3.8, 4) is 89.7 Å². The van der Waals surface area contributed by atoms with Crippen LogP contribution in [0.3, 0.4) is 0 Å². The largest absolute Gasteiger partial charge is 3.00 e. The van der Waals surface area contributed by atoms with Crippen LogP contribution in [-0.4, -0.2) is 35.8 Å². The molecule has 3 radical (unpaired) electrons. The van der Waals surface area contributed by atoms with Gasteiger partial charge in [-0.25, -0.2) is 11.1 Å². The van der Waals surface area contributed by atoms with Gasteiger partial charge in [0.1, 0.15) is 5.58 Å². The minimum absolute atomic E-state index is 0. The maximum atomic E-state index is 10.0. The summed E-state index contributed by atoms with van der Waals surface area (Å²) in [4.78, 5) is 32.2. The Morgan fingerprint density at radius 1 is 0.357 bits per heavy atom. The number of ketones is 1. The van der Waals surface area contributed by atoms with Gasteiger partial charge in [0.05, 0.1) is 16.9 Å². The second-order valence-electron chi connectivity index (χ2n) is 25.6. The molecule has 8 nitrogen and oxygen atoms in total. The van der Waals surface area contributed by atoms with Crippen LogP contribution < -0.4 is 0 Å². The average Bonchev–Trinajstić information content (AvgIpc) is 1.70. The standard InChI is InChI=1S/C19H18N.C18H14N.C17H10NO.C17H12N.C13H10.C11H8N.C5H8O2.4Ir/c1-12-8-13(2)10-16(9-12)18-11-15(4)19-14(3)6-5-7-17(19)20-18;1-14-7-9-15(10-8-14)17-11-12-19-18(13-17)16-5-3-2-4-6-16;1-2-7-16-13(5-1)14-11-12(8-9-17(14)19-16)15-6-3-4-10-18-15;1-3-7-14(8-4-1)16-11-12-18-17(13-16)15-9-5-2-6-10-15;1-11-7-9-13(10-8-11)12-5-3-2-4-6-12;1-2-6-10(7-3-1)11-8-4-5-9-12-11;1-4(6)3-5(2)7;;;;/h5-9,11H,1-4H3;2-5,7-13H,1H3;1-7,9-11H;1-9,11-13H;2-5,7-9H,1H3;1-6,8-9H;3,6H,1-2H3;;;;/q4*-1;-2;-1;;;;;+3. The van der Waals surface area contributed by atoms with Crippen LogP contribution in [0.15, 0.2) is 344 Å². The number of aryl methyl sites for hydroxylation is 6. The Morgan fingerprint density at radius 2 is 0.857 bits per heavy atom. The molecule has 1 N–H and O–H groups in total. The molecule has 0 aliphatic rings. The van der Waals surface area contributed by atoms with Crippen molar-refractivity contribution in [1.82, 2.24) is 24.9 Å². The van der Waals surface area contributed by atoms with Gasteiger partial charge in [-0.15, -0.1) is 178 Å². The number of fused-ring (bicyclic) bond motifs is 4. The molecule has 0 spiro atoms. The number of nitrogens with zero attached hydrogens (tertiary/aromatic N) is 5. The SMILES string of the molecule is CC(=O)C=C(C)O.Cc1[c-]c(-c2cc(C)c3c(C)cccc3n2)cc(C)c1.Cc1c[c-]c(-c2[c-]cccc2)cc1.Cc1ccc(-c2ccnc(-c3[c-]cccc3)c2)cc1.[Ir+3].[Ir].[Ir].[Ir].[c-]1cc2oc3ccccc3c2cc1-c1ccccn1.[c-]1ccccc1-c1cc(-c2ccccc2)ccn1.[c-]1ccccc1-c1ccccn1. The Balaban J connectivity index is 0.000000183. The molecule has 0 aliphatic carbocycles. The number of hydrogen-bond acceptors (Lipinski definition) is 8. The number of para-hydroxylation sites is 1. The molecule has 0 saturated heterocycles. The molecular formula is C100H80Ir4N5O3-4. The summed E-state index contributed by atoms with van der Waals surface area (Å²) in [6.45, 7) is 15.5. The first kappa shape index (κ1) is 88.3. The van der Waals surface area contributed by atoms with Gasteiger partial charge in [-0.1, -0.05) is 159 Å². The quantitative estimate of drug-likeness (QED) is 0.0863. The summed E-state index contributed by atoms with van der Waals surface area (Å²) in [6.07, 6.45) is 8.45. The van der Waals surface area contributed by atoms with Crippen LogP contribution in [0, 0.1) is 84.0 Å². The normalized spacial score (nSPS) is 10.2. The van der Waals surface area contributed by atoms with Crippen molar-refractivity contribution < 1.29 is 94.7 Å². The third kappa shape index (κ3) is 26.1. The molecule has 0 atom stereocenters. The van der Waals surface area contributed by atoms with Gasteiger partial charge in [0.15, 0.2) is 5.78 Å². The number of rotatable bonds is 9. The third-order valence-corrected chi connectivity index (χ3v) is 16.9. The average molecular weight is 2170 g/mol. The second-order valence-corrected chi connectivity index (χ2v) is 25.6. The smallest absolute Gasteiger partial charge is 0.512 e. The zero-order valence-electron chi connectivity index (χ0n) is 63.1.